The third kappa shape index (κ3) is 12.0. The Labute approximate surface area is 729 Å². The predicted molar refractivity (Wildman–Crippen MR) is 519 cm³/mol. The Morgan fingerprint density at radius 2 is 0.384 bits per heavy atom. The second-order valence-electron chi connectivity index (χ2n) is 37.2. The van der Waals surface area contributed by atoms with Gasteiger partial charge in [-0.1, -0.05) is 360 Å². The second kappa shape index (κ2) is 28.2. The third-order valence-electron chi connectivity index (χ3n) is 28.2. The van der Waals surface area contributed by atoms with Crippen LogP contribution in [0.2, 0.25) is 0 Å². The maximum absolute atomic E-state index is 5.36. The van der Waals surface area contributed by atoms with Crippen LogP contribution in [0.3, 0.4) is 0 Å². The van der Waals surface area contributed by atoms with E-state index in [1.807, 2.05) is 12.1 Å². The monoisotopic (exact) mass is 1600 g/mol. The molecule has 0 bridgehead atoms. The second-order valence-corrected chi connectivity index (χ2v) is 37.2. The Kier molecular flexibility index (Phi) is 17.0. The van der Waals surface area contributed by atoms with Crippen molar-refractivity contribution >= 4 is 54.3 Å². The molecule has 25 rings (SSSR count). The molecule has 3 heterocycles. The highest BCUT2D eigenvalue weighted by Crippen LogP contribution is 2.57. The Morgan fingerprint density at radius 1 is 0.152 bits per heavy atom. The average Bonchev–Trinajstić information content (AvgIpc) is 1.68. The SMILES string of the molecule is CC1(C)c2cc(-c3nc(-c4ccc5c(c4)C(C)(C)c4cc6ccccc6cc4-5)c4ccccc4n3)ccc2-c2cc3ccccc3cc21.CC1(C)c2ccccc2-c2ccc(-c3nc(-c4ccc(-c5ccccc5)cc4)nc4ccccc34)cc21.CC1(C)c2ccccc2-c2ccc(-c3nc(-c4ccc5c(c4)C(C)(C)c4ccccc4-5)c4ccccc4n3)cc21. The first kappa shape index (κ1) is 75.3. The third-order valence-corrected chi connectivity index (χ3v) is 28.2. The van der Waals surface area contributed by atoms with E-state index < -0.39 is 0 Å². The molecule has 596 valence electrons. The quantitative estimate of drug-likeness (QED) is 0.158. The molecule has 6 nitrogen and oxygen atoms in total. The molecule has 20 aromatic rings. The smallest absolute Gasteiger partial charge is 0.160 e. The first-order valence-electron chi connectivity index (χ1n) is 43.8. The van der Waals surface area contributed by atoms with Gasteiger partial charge in [0.2, 0.25) is 0 Å². The average molecular weight is 1600 g/mol. The molecule has 0 N–H and O–H groups in total. The molecule has 0 atom stereocenters. The molecular weight excluding hydrogens is 1510 g/mol. The maximum Gasteiger partial charge on any atom is 0.160 e. The van der Waals surface area contributed by atoms with Crippen LogP contribution in [0.5, 0.6) is 0 Å². The summed E-state index contributed by atoms with van der Waals surface area (Å²) in [4.78, 5) is 31.0. The summed E-state index contributed by atoms with van der Waals surface area (Å²) in [6, 6.07) is 132. The van der Waals surface area contributed by atoms with E-state index in [0.29, 0.717) is 0 Å². The Balaban J connectivity index is 0.000000109. The van der Waals surface area contributed by atoms with Gasteiger partial charge in [0.1, 0.15) is 0 Å². The van der Waals surface area contributed by atoms with Crippen LogP contribution in [0.25, 0.3) is 189 Å². The highest BCUT2D eigenvalue weighted by molar-refractivity contribution is 6.02. The maximum atomic E-state index is 5.36. The minimum Gasteiger partial charge on any atom is -0.228 e. The van der Waals surface area contributed by atoms with E-state index >= 15 is 0 Å². The van der Waals surface area contributed by atoms with Crippen LogP contribution in [-0.4, -0.2) is 29.9 Å². The molecule has 6 heteroatoms. The number of nitrogens with zero attached hydrogens (tertiary/aromatic N) is 6. The topological polar surface area (TPSA) is 77.3 Å². The van der Waals surface area contributed by atoms with Gasteiger partial charge in [0.05, 0.1) is 33.6 Å². The van der Waals surface area contributed by atoms with E-state index in [1.54, 1.807) is 0 Å². The molecule has 0 aliphatic heterocycles. The lowest BCUT2D eigenvalue weighted by atomic mass is 9.81. The number of rotatable bonds is 7. The summed E-state index contributed by atoms with van der Waals surface area (Å²) in [6.45, 7) is 23.3. The molecule has 0 fully saturated rings. The van der Waals surface area contributed by atoms with Gasteiger partial charge in [-0.05, 0) is 217 Å². The van der Waals surface area contributed by atoms with Gasteiger partial charge in [-0.3, -0.25) is 0 Å². The van der Waals surface area contributed by atoms with Crippen LogP contribution >= 0.6 is 0 Å². The zero-order chi connectivity index (χ0) is 84.6. The van der Waals surface area contributed by atoms with Gasteiger partial charge in [0.25, 0.3) is 0 Å². The number of benzene rings is 17. The van der Waals surface area contributed by atoms with Crippen molar-refractivity contribution in [1.82, 2.24) is 29.9 Å². The predicted octanol–water partition coefficient (Wildman–Crippen LogP) is 30.4. The molecule has 17 aromatic carbocycles. The summed E-state index contributed by atoms with van der Waals surface area (Å²) in [5, 5.41) is 8.35. The van der Waals surface area contributed by atoms with E-state index in [0.717, 1.165) is 101 Å². The minimum atomic E-state index is -0.129. The summed E-state index contributed by atoms with van der Waals surface area (Å²) < 4.78 is 0. The normalized spacial score (nSPS) is 14.6. The summed E-state index contributed by atoms with van der Waals surface area (Å²) in [7, 11) is 0. The first-order chi connectivity index (χ1) is 60.7. The van der Waals surface area contributed by atoms with Gasteiger partial charge in [-0.25, -0.2) is 29.9 Å². The molecule has 0 saturated heterocycles. The lowest BCUT2D eigenvalue weighted by Gasteiger charge is -2.23. The fraction of sp³-hybridized carbons (Fsp3) is 0.126. The molecule has 125 heavy (non-hydrogen) atoms. The molecule has 0 radical (unpaired) electrons. The van der Waals surface area contributed by atoms with Gasteiger partial charge < -0.3 is 0 Å². The standard InChI is InChI=1S/C46H34N2.C38H30N2.C35H26N2/c1-45(2)38-25-31(17-19-33(38)36-21-27-11-5-7-13-29(27)23-40(36)45)43-35-15-9-10-16-42(35)47-44(48-43)32-18-20-34-37-22-28-12-6-8-14-30(28)24-41(37)46(3,4)39(34)26-32;1-37(2)30-14-8-5-11-25(30)27-19-17-23(21-32(27)37)35-29-13-7-10-16-34(29)39-36(40-35)24-18-20-28-26-12-6-9-15-31(26)38(3,4)33(28)22-24;1-35(2)30-14-8-6-12-27(30)28-21-20-26(22-31(28)35)33-29-13-7-9-15-32(29)36-34(37-33)25-18-16-24(17-19-25)23-10-4-3-5-11-23/h5-26H,1-4H3;5-22H,1-4H3;3-22H,1-2H3. The van der Waals surface area contributed by atoms with Crippen molar-refractivity contribution in [2.45, 2.75) is 96.3 Å². The van der Waals surface area contributed by atoms with Crippen LogP contribution in [0.15, 0.2) is 364 Å². The number of para-hydroxylation sites is 3. The van der Waals surface area contributed by atoms with Crippen LogP contribution < -0.4 is 0 Å². The fourth-order valence-corrected chi connectivity index (χ4v) is 21.4. The van der Waals surface area contributed by atoms with Crippen LogP contribution in [-0.2, 0) is 27.1 Å². The van der Waals surface area contributed by atoms with E-state index in [4.69, 9.17) is 29.9 Å². The van der Waals surface area contributed by atoms with Crippen molar-refractivity contribution in [3.05, 3.63) is 420 Å². The lowest BCUT2D eigenvalue weighted by Crippen LogP contribution is -2.15. The van der Waals surface area contributed by atoms with Crippen molar-refractivity contribution in [2.75, 3.05) is 0 Å². The Morgan fingerprint density at radius 3 is 0.744 bits per heavy atom. The number of aromatic nitrogens is 6. The molecule has 0 spiro atoms. The molecule has 0 saturated carbocycles. The van der Waals surface area contributed by atoms with E-state index in [9.17, 15) is 0 Å². The van der Waals surface area contributed by atoms with Gasteiger partial charge in [-0.15, -0.1) is 0 Å². The van der Waals surface area contributed by atoms with Gasteiger partial charge in [0.15, 0.2) is 17.5 Å². The fourth-order valence-electron chi connectivity index (χ4n) is 21.4. The van der Waals surface area contributed by atoms with Gasteiger partial charge >= 0.3 is 0 Å². The van der Waals surface area contributed by atoms with Crippen molar-refractivity contribution in [2.24, 2.45) is 0 Å². The molecule has 5 aliphatic rings. The summed E-state index contributed by atoms with van der Waals surface area (Å²) in [6.07, 6.45) is 0. The van der Waals surface area contributed by atoms with Crippen molar-refractivity contribution in [3.8, 4) is 135 Å². The summed E-state index contributed by atoms with van der Waals surface area (Å²) in [5.41, 5.74) is 41.1. The Bertz CT molecular complexity index is 7940. The highest BCUT2D eigenvalue weighted by atomic mass is 14.9. The van der Waals surface area contributed by atoms with Crippen LogP contribution in [0.1, 0.15) is 125 Å². The summed E-state index contributed by atoms with van der Waals surface area (Å²) >= 11 is 0. The summed E-state index contributed by atoms with van der Waals surface area (Å²) in [5.74, 6) is 2.28. The number of hydrogen-bond acceptors (Lipinski definition) is 6. The largest absolute Gasteiger partial charge is 0.228 e. The first-order valence-corrected chi connectivity index (χ1v) is 43.8. The molecule has 3 aromatic heterocycles. The lowest BCUT2D eigenvalue weighted by molar-refractivity contribution is 0.660. The highest BCUT2D eigenvalue weighted by Gasteiger charge is 2.42. The number of fused-ring (bicyclic) bond motifs is 20. The van der Waals surface area contributed by atoms with Crippen LogP contribution in [0.4, 0.5) is 0 Å². The Hall–Kier alpha value is -14.7. The van der Waals surface area contributed by atoms with Gasteiger partial charge in [-0.2, -0.15) is 0 Å². The van der Waals surface area contributed by atoms with E-state index in [2.05, 4.69) is 421 Å². The van der Waals surface area contributed by atoms with E-state index in [-0.39, 0.29) is 27.1 Å². The van der Waals surface area contributed by atoms with Crippen LogP contribution in [0, 0.1) is 0 Å². The molecular formula is C119H90N6. The van der Waals surface area contributed by atoms with E-state index in [1.165, 1.54) is 144 Å². The molecule has 5 aliphatic carbocycles. The molecule has 0 amide bonds. The van der Waals surface area contributed by atoms with Crippen molar-refractivity contribution < 1.29 is 0 Å². The minimum absolute atomic E-state index is 0.0547. The molecule has 0 unspecified atom stereocenters. The van der Waals surface area contributed by atoms with Gasteiger partial charge in [0, 0.05) is 76.6 Å². The van der Waals surface area contributed by atoms with Crippen molar-refractivity contribution in [3.63, 3.8) is 0 Å². The zero-order valence-corrected chi connectivity index (χ0v) is 71.8. The zero-order valence-electron chi connectivity index (χ0n) is 71.8. The number of hydrogen-bond donors (Lipinski definition) is 0. The van der Waals surface area contributed by atoms with Crippen molar-refractivity contribution in [1.29, 1.82) is 0 Å².